The number of rotatable bonds is 2. The van der Waals surface area contributed by atoms with E-state index in [0.29, 0.717) is 40.9 Å². The van der Waals surface area contributed by atoms with E-state index >= 15 is 0 Å². The van der Waals surface area contributed by atoms with Crippen LogP contribution in [0.1, 0.15) is 44.2 Å². The third-order valence-corrected chi connectivity index (χ3v) is 7.70. The summed E-state index contributed by atoms with van der Waals surface area (Å²) in [4.78, 5) is 9.43. The average Bonchev–Trinajstić information content (AvgIpc) is 3.23. The van der Waals surface area contributed by atoms with Gasteiger partial charge in [0.05, 0.1) is 6.04 Å². The van der Waals surface area contributed by atoms with Gasteiger partial charge in [0.2, 0.25) is 17.5 Å². The van der Waals surface area contributed by atoms with Crippen molar-refractivity contribution in [2.45, 2.75) is 50.6 Å². The summed E-state index contributed by atoms with van der Waals surface area (Å²) in [5.41, 5.74) is 2.38. The number of hydrogen-bond donors (Lipinski definition) is 0. The highest BCUT2D eigenvalue weighted by molar-refractivity contribution is 5.61. The van der Waals surface area contributed by atoms with Crippen LogP contribution in [0.4, 0.5) is 10.3 Å². The number of halogens is 1. The Hall–Kier alpha value is -2.65. The summed E-state index contributed by atoms with van der Waals surface area (Å²) < 4.78 is 19.9. The van der Waals surface area contributed by atoms with Gasteiger partial charge in [0.25, 0.3) is 0 Å². The summed E-state index contributed by atoms with van der Waals surface area (Å²) in [5.74, 6) is 1.75. The number of hydrogen-bond acceptors (Lipinski definition) is 5. The Balaban J connectivity index is 1.38. The van der Waals surface area contributed by atoms with Gasteiger partial charge in [-0.2, -0.15) is 10.2 Å². The van der Waals surface area contributed by atoms with Crippen LogP contribution >= 0.6 is 0 Å². The molecule has 4 heterocycles. The van der Waals surface area contributed by atoms with Crippen molar-refractivity contribution in [1.29, 1.82) is 5.26 Å². The minimum Gasteiger partial charge on any atom is -0.419 e. The molecule has 3 fully saturated rings. The third kappa shape index (κ3) is 3.18. The van der Waals surface area contributed by atoms with Crippen LogP contribution < -0.4 is 4.90 Å². The predicted molar refractivity (Wildman–Crippen MR) is 116 cm³/mol. The fraction of sp³-hybridized carbons (Fsp3) is 0.520. The molecule has 4 aliphatic rings. The second-order valence-electron chi connectivity index (χ2n) is 9.50. The van der Waals surface area contributed by atoms with Crippen molar-refractivity contribution in [3.8, 4) is 17.5 Å². The summed E-state index contributed by atoms with van der Waals surface area (Å²) >= 11 is 0. The Morgan fingerprint density at radius 2 is 2.13 bits per heavy atom. The largest absolute Gasteiger partial charge is 0.419 e. The highest BCUT2D eigenvalue weighted by Crippen LogP contribution is 2.46. The molecule has 3 aliphatic heterocycles. The maximum Gasteiger partial charge on any atom is 0.235 e. The average molecular weight is 419 g/mol. The molecule has 1 aromatic heterocycles. The van der Waals surface area contributed by atoms with E-state index in [1.54, 1.807) is 12.1 Å². The molecule has 1 aliphatic carbocycles. The fourth-order valence-corrected chi connectivity index (χ4v) is 6.53. The molecule has 0 saturated carbocycles. The molecule has 0 N–H and O–H groups in total. The number of oxazole rings is 1. The number of anilines is 1. The molecule has 3 saturated heterocycles. The van der Waals surface area contributed by atoms with Gasteiger partial charge < -0.3 is 9.32 Å². The molecule has 0 unspecified atom stereocenters. The predicted octanol–water partition coefficient (Wildman–Crippen LogP) is 4.75. The zero-order valence-electron chi connectivity index (χ0n) is 17.6. The first-order valence-corrected chi connectivity index (χ1v) is 11.6. The first kappa shape index (κ1) is 19.1. The van der Waals surface area contributed by atoms with Gasteiger partial charge in [0.15, 0.2) is 0 Å². The molecule has 0 amide bonds. The minimum absolute atomic E-state index is 0.272. The SMILES string of the molecule is N#Cc1nc(-c2cccc(F)c2)oc1N1CCCC2=C[C@@H]3C[C@H](CN4CCCC[C@H]34)[C@@H]21. The van der Waals surface area contributed by atoms with Gasteiger partial charge >= 0.3 is 0 Å². The van der Waals surface area contributed by atoms with E-state index in [-0.39, 0.29) is 11.9 Å². The number of piperidine rings is 3. The summed E-state index contributed by atoms with van der Waals surface area (Å²) in [6.45, 7) is 3.20. The van der Waals surface area contributed by atoms with Gasteiger partial charge in [-0.3, -0.25) is 4.90 Å². The smallest absolute Gasteiger partial charge is 0.235 e. The highest BCUT2D eigenvalue weighted by Gasteiger charge is 2.47. The van der Waals surface area contributed by atoms with Crippen molar-refractivity contribution in [3.63, 3.8) is 0 Å². The number of nitriles is 1. The van der Waals surface area contributed by atoms with Crippen LogP contribution in [0.2, 0.25) is 0 Å². The van der Waals surface area contributed by atoms with Crippen LogP contribution in [0, 0.1) is 29.0 Å². The van der Waals surface area contributed by atoms with Crippen molar-refractivity contribution in [3.05, 3.63) is 47.4 Å². The maximum atomic E-state index is 13.7. The Morgan fingerprint density at radius 3 is 3.00 bits per heavy atom. The van der Waals surface area contributed by atoms with E-state index in [0.717, 1.165) is 25.9 Å². The van der Waals surface area contributed by atoms with Crippen LogP contribution in [-0.4, -0.2) is 41.6 Å². The fourth-order valence-electron chi connectivity index (χ4n) is 6.53. The Bertz CT molecular complexity index is 1070. The standard InChI is InChI=1S/C25H27FN4O/c26-20-7-3-5-17(13-20)24-28-21(14-27)25(31-24)30-10-4-6-16-11-18-12-19(23(16)30)15-29-9-2-1-8-22(18)29/h3,5,7,11,13,18-19,22-23H,1-2,4,6,8-10,12,15H2/t18-,19-,22-,23-/m1/s1. The summed E-state index contributed by atoms with van der Waals surface area (Å²) in [5, 5.41) is 9.79. The van der Waals surface area contributed by atoms with E-state index in [9.17, 15) is 9.65 Å². The molecule has 160 valence electrons. The lowest BCUT2D eigenvalue weighted by Crippen LogP contribution is -2.59. The Morgan fingerprint density at radius 1 is 1.19 bits per heavy atom. The van der Waals surface area contributed by atoms with Crippen molar-refractivity contribution < 1.29 is 8.81 Å². The van der Waals surface area contributed by atoms with Crippen LogP contribution in [-0.2, 0) is 0 Å². The van der Waals surface area contributed by atoms with E-state index in [4.69, 9.17) is 4.42 Å². The van der Waals surface area contributed by atoms with Crippen molar-refractivity contribution in [1.82, 2.24) is 9.88 Å². The van der Waals surface area contributed by atoms with E-state index < -0.39 is 0 Å². The zero-order chi connectivity index (χ0) is 20.9. The van der Waals surface area contributed by atoms with Crippen molar-refractivity contribution in [2.24, 2.45) is 11.8 Å². The lowest BCUT2D eigenvalue weighted by molar-refractivity contribution is 0.0306. The molecule has 1 aromatic carbocycles. The summed E-state index contributed by atoms with van der Waals surface area (Å²) in [6.07, 6.45) is 9.95. The van der Waals surface area contributed by atoms with Gasteiger partial charge in [0.1, 0.15) is 11.9 Å². The van der Waals surface area contributed by atoms with Gasteiger partial charge in [0, 0.05) is 24.7 Å². The van der Waals surface area contributed by atoms with Gasteiger partial charge in [-0.05, 0) is 68.7 Å². The topological polar surface area (TPSA) is 56.3 Å². The number of benzene rings is 1. The molecule has 6 heteroatoms. The van der Waals surface area contributed by atoms with Crippen molar-refractivity contribution in [2.75, 3.05) is 24.5 Å². The molecule has 6 rings (SSSR count). The van der Waals surface area contributed by atoms with E-state index in [1.165, 1.54) is 49.9 Å². The molecule has 0 spiro atoms. The summed E-state index contributed by atoms with van der Waals surface area (Å²) in [6, 6.07) is 9.42. The van der Waals surface area contributed by atoms with E-state index in [2.05, 4.69) is 26.9 Å². The zero-order valence-corrected chi connectivity index (χ0v) is 17.6. The lowest BCUT2D eigenvalue weighted by Gasteiger charge is -2.54. The molecule has 5 nitrogen and oxygen atoms in total. The summed E-state index contributed by atoms with van der Waals surface area (Å²) in [7, 11) is 0. The molecule has 4 atom stereocenters. The van der Waals surface area contributed by atoms with Gasteiger partial charge in [-0.25, -0.2) is 4.39 Å². The van der Waals surface area contributed by atoms with Crippen LogP contribution in [0.5, 0.6) is 0 Å². The highest BCUT2D eigenvalue weighted by atomic mass is 19.1. The van der Waals surface area contributed by atoms with E-state index in [1.807, 2.05) is 0 Å². The van der Waals surface area contributed by atoms with Crippen LogP contribution in [0.15, 0.2) is 40.3 Å². The molecule has 2 bridgehead atoms. The monoisotopic (exact) mass is 418 g/mol. The molecule has 31 heavy (non-hydrogen) atoms. The van der Waals surface area contributed by atoms with Crippen LogP contribution in [0.3, 0.4) is 0 Å². The third-order valence-electron chi connectivity index (χ3n) is 7.70. The second kappa shape index (κ2) is 7.49. The lowest BCUT2D eigenvalue weighted by atomic mass is 9.68. The number of nitrogens with zero attached hydrogens (tertiary/aromatic N) is 4. The first-order chi connectivity index (χ1) is 15.2. The normalized spacial score (nSPS) is 30.2. The van der Waals surface area contributed by atoms with Gasteiger partial charge in [-0.15, -0.1) is 0 Å². The first-order valence-electron chi connectivity index (χ1n) is 11.6. The second-order valence-corrected chi connectivity index (χ2v) is 9.50. The number of aromatic nitrogens is 1. The molecule has 2 aromatic rings. The number of fused-ring (bicyclic) bond motifs is 6. The Labute approximate surface area is 182 Å². The maximum absolute atomic E-state index is 13.7. The van der Waals surface area contributed by atoms with Crippen molar-refractivity contribution >= 4 is 5.88 Å². The van der Waals surface area contributed by atoms with Crippen LogP contribution in [0.25, 0.3) is 11.5 Å². The quantitative estimate of drug-likeness (QED) is 0.659. The Kier molecular flexibility index (Phi) is 4.61. The molecular weight excluding hydrogens is 391 g/mol. The molecular formula is C25H27FN4O. The van der Waals surface area contributed by atoms with Gasteiger partial charge in [-0.1, -0.05) is 24.1 Å². The minimum atomic E-state index is -0.337. The molecule has 0 radical (unpaired) electrons.